The Morgan fingerprint density at radius 1 is 1.46 bits per heavy atom. The fourth-order valence-electron chi connectivity index (χ4n) is 1.21. The van der Waals surface area contributed by atoms with Crippen molar-refractivity contribution in [3.63, 3.8) is 0 Å². The molecule has 0 fully saturated rings. The lowest BCUT2D eigenvalue weighted by Gasteiger charge is -2.23. The third-order valence-electron chi connectivity index (χ3n) is 2.55. The van der Waals surface area contributed by atoms with Gasteiger partial charge >= 0.3 is 0 Å². The lowest BCUT2D eigenvalue weighted by molar-refractivity contribution is 0.247. The highest BCUT2D eigenvalue weighted by molar-refractivity contribution is 5.76. The summed E-state index contributed by atoms with van der Waals surface area (Å²) in [6, 6.07) is 0.664. The highest BCUT2D eigenvalue weighted by Gasteiger charge is 2.05. The molecule has 0 spiro atoms. The molecule has 0 amide bonds. The lowest BCUT2D eigenvalue weighted by atomic mass is 10.2. The van der Waals surface area contributed by atoms with E-state index in [9.17, 15) is 0 Å². The van der Waals surface area contributed by atoms with Crippen LogP contribution >= 0.6 is 0 Å². The molecule has 78 valence electrons. The first-order valence-corrected chi connectivity index (χ1v) is 5.11. The van der Waals surface area contributed by atoms with Gasteiger partial charge in [0.05, 0.1) is 5.84 Å². The number of hydrogen-bond acceptors (Lipinski definition) is 2. The van der Waals surface area contributed by atoms with Gasteiger partial charge < -0.3 is 10.6 Å². The summed E-state index contributed by atoms with van der Waals surface area (Å²) < 4.78 is 0. The molecule has 3 N–H and O–H groups in total. The molecule has 0 aromatic heterocycles. The number of unbranched alkanes of at least 4 members (excludes halogenated alkanes) is 1. The molecule has 0 aromatic rings. The molecule has 1 unspecified atom stereocenters. The van der Waals surface area contributed by atoms with E-state index < -0.39 is 0 Å². The van der Waals surface area contributed by atoms with E-state index in [1.165, 1.54) is 6.42 Å². The Hall–Kier alpha value is -0.570. The summed E-state index contributed by atoms with van der Waals surface area (Å²) in [5.41, 5.74) is 5.26. The van der Waals surface area contributed by atoms with Crippen molar-refractivity contribution >= 4 is 5.84 Å². The van der Waals surface area contributed by atoms with Crippen LogP contribution in [0.2, 0.25) is 0 Å². The summed E-state index contributed by atoms with van der Waals surface area (Å²) in [6.45, 7) is 5.56. The van der Waals surface area contributed by atoms with Gasteiger partial charge in [0, 0.05) is 12.5 Å². The zero-order valence-electron chi connectivity index (χ0n) is 9.14. The predicted molar refractivity (Wildman–Crippen MR) is 58.1 cm³/mol. The van der Waals surface area contributed by atoms with Gasteiger partial charge in [0.1, 0.15) is 0 Å². The normalized spacial score (nSPS) is 13.2. The zero-order chi connectivity index (χ0) is 10.3. The van der Waals surface area contributed by atoms with Crippen molar-refractivity contribution in [2.45, 2.75) is 45.6 Å². The van der Waals surface area contributed by atoms with E-state index in [0.29, 0.717) is 11.9 Å². The van der Waals surface area contributed by atoms with Crippen LogP contribution in [-0.2, 0) is 0 Å². The first kappa shape index (κ1) is 12.4. The summed E-state index contributed by atoms with van der Waals surface area (Å²) >= 11 is 0. The first-order chi connectivity index (χ1) is 6.07. The highest BCUT2D eigenvalue weighted by atomic mass is 15.1. The summed E-state index contributed by atoms with van der Waals surface area (Å²) in [7, 11) is 2.15. The van der Waals surface area contributed by atoms with E-state index in [2.05, 4.69) is 25.8 Å². The van der Waals surface area contributed by atoms with Crippen molar-refractivity contribution in [1.82, 2.24) is 4.90 Å². The molecule has 0 rings (SSSR count). The molecule has 0 aliphatic heterocycles. The molecule has 0 saturated heterocycles. The maximum atomic E-state index is 7.06. The molecule has 0 saturated carbocycles. The molecular weight excluding hydrogens is 162 g/mol. The molecule has 0 bridgehead atoms. The number of nitrogens with zero attached hydrogens (tertiary/aromatic N) is 1. The smallest absolute Gasteiger partial charge is 0.0905 e. The SMILES string of the molecule is CCC(C)N(C)CCCCC(=N)N. The summed E-state index contributed by atoms with van der Waals surface area (Å²) in [5, 5.41) is 7.06. The van der Waals surface area contributed by atoms with E-state index >= 15 is 0 Å². The predicted octanol–water partition coefficient (Wildman–Crippen LogP) is 1.82. The van der Waals surface area contributed by atoms with Crippen molar-refractivity contribution in [1.29, 1.82) is 5.41 Å². The topological polar surface area (TPSA) is 53.1 Å². The molecular formula is C10H23N3. The molecule has 1 atom stereocenters. The molecule has 0 radical (unpaired) electrons. The minimum atomic E-state index is 0.311. The maximum Gasteiger partial charge on any atom is 0.0905 e. The Balaban J connectivity index is 3.36. The van der Waals surface area contributed by atoms with Gasteiger partial charge in [-0.25, -0.2) is 0 Å². The quantitative estimate of drug-likeness (QED) is 0.361. The largest absolute Gasteiger partial charge is 0.388 e. The van der Waals surface area contributed by atoms with E-state index in [-0.39, 0.29) is 0 Å². The number of nitrogens with one attached hydrogen (secondary N) is 1. The Morgan fingerprint density at radius 3 is 2.54 bits per heavy atom. The van der Waals surface area contributed by atoms with Gasteiger partial charge in [0.25, 0.3) is 0 Å². The number of nitrogens with two attached hydrogens (primary N) is 1. The standard InChI is InChI=1S/C10H23N3/c1-4-9(2)13(3)8-6-5-7-10(11)12/h9H,4-8H2,1-3H3,(H3,11,12). The van der Waals surface area contributed by atoms with Crippen molar-refractivity contribution in [2.75, 3.05) is 13.6 Å². The fraction of sp³-hybridized carbons (Fsp3) is 0.900. The lowest BCUT2D eigenvalue weighted by Crippen LogP contribution is -2.29. The van der Waals surface area contributed by atoms with Crippen LogP contribution in [0.25, 0.3) is 0 Å². The minimum absolute atomic E-state index is 0.311. The van der Waals surface area contributed by atoms with Crippen molar-refractivity contribution < 1.29 is 0 Å². The summed E-state index contributed by atoms with van der Waals surface area (Å²) in [4.78, 5) is 2.36. The van der Waals surface area contributed by atoms with Crippen LogP contribution in [-0.4, -0.2) is 30.4 Å². The van der Waals surface area contributed by atoms with Gasteiger partial charge in [0.15, 0.2) is 0 Å². The van der Waals surface area contributed by atoms with E-state index in [0.717, 1.165) is 25.8 Å². The van der Waals surface area contributed by atoms with Gasteiger partial charge in [0.2, 0.25) is 0 Å². The fourth-order valence-corrected chi connectivity index (χ4v) is 1.21. The molecule has 0 aliphatic carbocycles. The molecule has 0 aliphatic rings. The second kappa shape index (κ2) is 6.89. The summed E-state index contributed by atoms with van der Waals surface area (Å²) in [5.74, 6) is 0.311. The number of amidine groups is 1. The van der Waals surface area contributed by atoms with Crippen molar-refractivity contribution in [3.05, 3.63) is 0 Å². The number of rotatable bonds is 7. The van der Waals surface area contributed by atoms with Crippen LogP contribution < -0.4 is 5.73 Å². The third kappa shape index (κ3) is 6.58. The van der Waals surface area contributed by atoms with Gasteiger partial charge in [-0.05, 0) is 39.8 Å². The van der Waals surface area contributed by atoms with E-state index in [4.69, 9.17) is 11.1 Å². The summed E-state index contributed by atoms with van der Waals surface area (Å²) in [6.07, 6.45) is 4.12. The Morgan fingerprint density at radius 2 is 2.08 bits per heavy atom. The van der Waals surface area contributed by atoms with Crippen LogP contribution in [0.1, 0.15) is 39.5 Å². The average Bonchev–Trinajstić information content (AvgIpc) is 2.10. The zero-order valence-corrected chi connectivity index (χ0v) is 9.14. The van der Waals surface area contributed by atoms with Gasteiger partial charge in [-0.15, -0.1) is 0 Å². The van der Waals surface area contributed by atoms with Crippen molar-refractivity contribution in [3.8, 4) is 0 Å². The second-order valence-electron chi connectivity index (χ2n) is 3.72. The van der Waals surface area contributed by atoms with Gasteiger partial charge in [-0.1, -0.05) is 6.92 Å². The van der Waals surface area contributed by atoms with Gasteiger partial charge in [-0.3, -0.25) is 5.41 Å². The average molecular weight is 185 g/mol. The second-order valence-corrected chi connectivity index (χ2v) is 3.72. The minimum Gasteiger partial charge on any atom is -0.388 e. The van der Waals surface area contributed by atoms with Crippen LogP contribution in [0, 0.1) is 5.41 Å². The van der Waals surface area contributed by atoms with E-state index in [1.807, 2.05) is 0 Å². The molecule has 3 heteroatoms. The van der Waals surface area contributed by atoms with E-state index in [1.54, 1.807) is 0 Å². The monoisotopic (exact) mass is 185 g/mol. The van der Waals surface area contributed by atoms with Crippen LogP contribution in [0.4, 0.5) is 0 Å². The Bertz CT molecular complexity index is 145. The Labute approximate surface area is 81.8 Å². The van der Waals surface area contributed by atoms with Crippen LogP contribution in [0.5, 0.6) is 0 Å². The maximum absolute atomic E-state index is 7.06. The molecule has 13 heavy (non-hydrogen) atoms. The van der Waals surface area contributed by atoms with Crippen LogP contribution in [0.3, 0.4) is 0 Å². The third-order valence-corrected chi connectivity index (χ3v) is 2.55. The highest BCUT2D eigenvalue weighted by Crippen LogP contribution is 2.03. The van der Waals surface area contributed by atoms with Crippen LogP contribution in [0.15, 0.2) is 0 Å². The molecule has 3 nitrogen and oxygen atoms in total. The van der Waals surface area contributed by atoms with Crippen molar-refractivity contribution in [2.24, 2.45) is 5.73 Å². The number of hydrogen-bond donors (Lipinski definition) is 2. The first-order valence-electron chi connectivity index (χ1n) is 5.11. The molecule has 0 aromatic carbocycles. The van der Waals surface area contributed by atoms with Gasteiger partial charge in [-0.2, -0.15) is 0 Å². The molecule has 0 heterocycles. The Kier molecular flexibility index (Phi) is 6.59.